The summed E-state index contributed by atoms with van der Waals surface area (Å²) in [6.07, 6.45) is 0. The minimum atomic E-state index is -0.542. The van der Waals surface area contributed by atoms with E-state index in [-0.39, 0.29) is 18.3 Å². The highest BCUT2D eigenvalue weighted by atomic mass is 32.2. The number of anilines is 1. The minimum Gasteiger partial charge on any atom is -0.486 e. The van der Waals surface area contributed by atoms with Crippen LogP contribution in [-0.2, 0) is 11.4 Å². The Morgan fingerprint density at radius 3 is 2.76 bits per heavy atom. The highest BCUT2D eigenvalue weighted by Gasteiger charge is 2.20. The van der Waals surface area contributed by atoms with Gasteiger partial charge in [0.2, 0.25) is 11.1 Å². The molecule has 29 heavy (non-hydrogen) atoms. The molecule has 1 atom stereocenters. The fourth-order valence-corrected chi connectivity index (χ4v) is 3.09. The van der Waals surface area contributed by atoms with E-state index in [9.17, 15) is 9.18 Å². The number of nitriles is 1. The minimum absolute atomic E-state index is 0.0335. The monoisotopic (exact) mass is 412 g/mol. The Morgan fingerprint density at radius 1 is 1.31 bits per heavy atom. The average Bonchev–Trinajstić information content (AvgIpc) is 3.07. The number of para-hydroxylation sites is 1. The molecule has 0 aliphatic heterocycles. The third kappa shape index (κ3) is 5.03. The quantitative estimate of drug-likeness (QED) is 0.452. The fourth-order valence-electron chi connectivity index (χ4n) is 2.30. The number of carbonyl (C=O) groups excluding carboxylic acids is 1. The van der Waals surface area contributed by atoms with E-state index in [1.807, 2.05) is 6.07 Å². The van der Waals surface area contributed by atoms with Crippen LogP contribution in [0.4, 0.5) is 10.1 Å². The second-order valence-corrected chi connectivity index (χ2v) is 7.23. The number of amides is 1. The van der Waals surface area contributed by atoms with Crippen molar-refractivity contribution in [2.75, 3.05) is 11.2 Å². The van der Waals surface area contributed by atoms with Crippen LogP contribution >= 0.6 is 11.8 Å². The topological polar surface area (TPSA) is 119 Å². The lowest BCUT2D eigenvalue weighted by molar-refractivity contribution is -0.115. The molecule has 3 N–H and O–H groups in total. The van der Waals surface area contributed by atoms with E-state index < -0.39 is 5.25 Å². The molecule has 3 rings (SSSR count). The van der Waals surface area contributed by atoms with Gasteiger partial charge in [-0.2, -0.15) is 5.26 Å². The van der Waals surface area contributed by atoms with Crippen LogP contribution in [-0.4, -0.2) is 26.0 Å². The number of nitrogens with zero attached hydrogens (tertiary/aromatic N) is 4. The third-order valence-electron chi connectivity index (χ3n) is 3.87. The van der Waals surface area contributed by atoms with E-state index in [2.05, 4.69) is 15.5 Å². The van der Waals surface area contributed by atoms with Gasteiger partial charge < -0.3 is 15.9 Å². The second-order valence-electron chi connectivity index (χ2n) is 5.92. The normalized spacial score (nSPS) is 11.5. The van der Waals surface area contributed by atoms with Crippen molar-refractivity contribution in [1.29, 1.82) is 5.26 Å². The standard InChI is InChI=1S/C19H17FN6O2S/c1-12(18(27)23-16-5-3-2-4-13(16)10-21)29-19-25-24-17(26(19)22)11-28-15-8-6-14(20)7-9-15/h2-9,12H,11,22H2,1H3,(H,23,27). The molecule has 0 radical (unpaired) electrons. The van der Waals surface area contributed by atoms with E-state index in [4.69, 9.17) is 15.8 Å². The van der Waals surface area contributed by atoms with Gasteiger partial charge in [-0.3, -0.25) is 4.79 Å². The van der Waals surface area contributed by atoms with Gasteiger partial charge in [-0.05, 0) is 43.3 Å². The maximum atomic E-state index is 12.9. The Bertz CT molecular complexity index is 1050. The summed E-state index contributed by atoms with van der Waals surface area (Å²) in [6, 6.07) is 14.3. The Labute approximate surface area is 170 Å². The van der Waals surface area contributed by atoms with E-state index >= 15 is 0 Å². The Balaban J connectivity index is 1.60. The Hall–Kier alpha value is -3.58. The lowest BCUT2D eigenvalue weighted by Crippen LogP contribution is -2.24. The molecule has 8 nitrogen and oxygen atoms in total. The molecule has 0 bridgehead atoms. The van der Waals surface area contributed by atoms with Gasteiger partial charge in [0.1, 0.15) is 24.2 Å². The van der Waals surface area contributed by atoms with Gasteiger partial charge in [-0.25, -0.2) is 9.07 Å². The zero-order valence-corrected chi connectivity index (χ0v) is 16.2. The van der Waals surface area contributed by atoms with Crippen molar-refractivity contribution in [3.05, 3.63) is 65.7 Å². The van der Waals surface area contributed by atoms with E-state index in [1.165, 1.54) is 28.9 Å². The average molecular weight is 412 g/mol. The van der Waals surface area contributed by atoms with Gasteiger partial charge in [-0.15, -0.1) is 10.2 Å². The van der Waals surface area contributed by atoms with Crippen LogP contribution in [0, 0.1) is 17.1 Å². The molecule has 1 amide bonds. The molecule has 0 fully saturated rings. The Morgan fingerprint density at radius 2 is 2.03 bits per heavy atom. The molecule has 0 aliphatic rings. The lowest BCUT2D eigenvalue weighted by Gasteiger charge is -2.12. The summed E-state index contributed by atoms with van der Waals surface area (Å²) < 4.78 is 19.7. The largest absolute Gasteiger partial charge is 0.486 e. The van der Waals surface area contributed by atoms with Crippen LogP contribution in [0.2, 0.25) is 0 Å². The van der Waals surface area contributed by atoms with Gasteiger partial charge in [-0.1, -0.05) is 23.9 Å². The number of hydrogen-bond acceptors (Lipinski definition) is 7. The summed E-state index contributed by atoms with van der Waals surface area (Å²) in [5, 5.41) is 19.6. The number of halogens is 1. The molecule has 3 aromatic rings. The molecule has 1 heterocycles. The Kier molecular flexibility index (Phi) is 6.31. The fraction of sp³-hybridized carbons (Fsp3) is 0.158. The van der Waals surface area contributed by atoms with Gasteiger partial charge in [0.15, 0.2) is 5.82 Å². The molecule has 1 unspecified atom stereocenters. The number of benzene rings is 2. The van der Waals surface area contributed by atoms with Crippen LogP contribution in [0.5, 0.6) is 5.75 Å². The first-order chi connectivity index (χ1) is 14.0. The molecule has 0 aliphatic carbocycles. The predicted molar refractivity (Wildman–Crippen MR) is 106 cm³/mol. The van der Waals surface area contributed by atoms with Gasteiger partial charge >= 0.3 is 0 Å². The van der Waals surface area contributed by atoms with Crippen LogP contribution < -0.4 is 15.9 Å². The molecular weight excluding hydrogens is 395 g/mol. The third-order valence-corrected chi connectivity index (χ3v) is 4.93. The maximum Gasteiger partial charge on any atom is 0.237 e. The van der Waals surface area contributed by atoms with Crippen molar-refractivity contribution in [3.8, 4) is 11.8 Å². The highest BCUT2D eigenvalue weighted by molar-refractivity contribution is 8.00. The number of rotatable bonds is 7. The summed E-state index contributed by atoms with van der Waals surface area (Å²) >= 11 is 1.12. The smallest absolute Gasteiger partial charge is 0.237 e. The van der Waals surface area contributed by atoms with E-state index in [1.54, 1.807) is 31.2 Å². The van der Waals surface area contributed by atoms with Crippen molar-refractivity contribution in [3.63, 3.8) is 0 Å². The van der Waals surface area contributed by atoms with Crippen molar-refractivity contribution in [2.24, 2.45) is 0 Å². The number of nitrogens with two attached hydrogens (primary N) is 1. The molecule has 0 saturated carbocycles. The molecular formula is C19H17FN6O2S. The summed E-state index contributed by atoms with van der Waals surface area (Å²) in [5.41, 5.74) is 0.815. The molecule has 148 valence electrons. The summed E-state index contributed by atoms with van der Waals surface area (Å²) in [4.78, 5) is 12.4. The van der Waals surface area contributed by atoms with E-state index in [0.29, 0.717) is 28.0 Å². The summed E-state index contributed by atoms with van der Waals surface area (Å²) in [6.45, 7) is 1.73. The van der Waals surface area contributed by atoms with Crippen LogP contribution in [0.15, 0.2) is 53.7 Å². The highest BCUT2D eigenvalue weighted by Crippen LogP contribution is 2.23. The van der Waals surface area contributed by atoms with Gasteiger partial charge in [0, 0.05) is 0 Å². The molecule has 0 spiro atoms. The molecule has 1 aromatic heterocycles. The number of ether oxygens (including phenoxy) is 1. The summed E-state index contributed by atoms with van der Waals surface area (Å²) in [7, 11) is 0. The number of nitrogens with one attached hydrogen (secondary N) is 1. The van der Waals surface area contributed by atoms with Crippen LogP contribution in [0.3, 0.4) is 0 Å². The first-order valence-corrected chi connectivity index (χ1v) is 9.40. The number of thioether (sulfide) groups is 1. The molecule has 0 saturated heterocycles. The van der Waals surface area contributed by atoms with Crippen molar-refractivity contribution < 1.29 is 13.9 Å². The van der Waals surface area contributed by atoms with Crippen LogP contribution in [0.1, 0.15) is 18.3 Å². The van der Waals surface area contributed by atoms with Crippen molar-refractivity contribution in [1.82, 2.24) is 14.9 Å². The first kappa shape index (κ1) is 20.2. The maximum absolute atomic E-state index is 12.9. The number of nitrogen functional groups attached to an aromatic ring is 1. The van der Waals surface area contributed by atoms with Crippen molar-refractivity contribution in [2.45, 2.75) is 23.9 Å². The predicted octanol–water partition coefficient (Wildman–Crippen LogP) is 2.70. The number of carbonyl (C=O) groups is 1. The van der Waals surface area contributed by atoms with Crippen molar-refractivity contribution >= 4 is 23.4 Å². The second kappa shape index (κ2) is 9.07. The van der Waals surface area contributed by atoms with E-state index in [0.717, 1.165) is 11.8 Å². The molecule has 10 heteroatoms. The molecule has 2 aromatic carbocycles. The van der Waals surface area contributed by atoms with Gasteiger partial charge in [0.25, 0.3) is 0 Å². The van der Waals surface area contributed by atoms with Gasteiger partial charge in [0.05, 0.1) is 16.5 Å². The zero-order chi connectivity index (χ0) is 20.8. The number of hydrogen-bond donors (Lipinski definition) is 2. The summed E-state index contributed by atoms with van der Waals surface area (Å²) in [5.74, 6) is 6.15. The lowest BCUT2D eigenvalue weighted by atomic mass is 10.2. The first-order valence-electron chi connectivity index (χ1n) is 8.52. The number of aromatic nitrogens is 3. The van der Waals surface area contributed by atoms with Crippen LogP contribution in [0.25, 0.3) is 0 Å². The zero-order valence-electron chi connectivity index (χ0n) is 15.4. The SMILES string of the molecule is CC(Sc1nnc(COc2ccc(F)cc2)n1N)C(=O)Nc1ccccc1C#N.